The van der Waals surface area contributed by atoms with Crippen molar-refractivity contribution in [3.63, 3.8) is 0 Å². The molecular weight excluding hydrogens is 218 g/mol. The number of carbonyl (C=O) groups is 1. The largest absolute Gasteiger partial charge is 0.449 e. The molecule has 1 spiro atoms. The van der Waals surface area contributed by atoms with Gasteiger partial charge >= 0.3 is 5.97 Å². The predicted octanol–water partition coefficient (Wildman–Crippen LogP) is 0.376. The van der Waals surface area contributed by atoms with Gasteiger partial charge in [-0.15, -0.1) is 0 Å². The lowest BCUT2D eigenvalue weighted by atomic mass is 9.80. The summed E-state index contributed by atoms with van der Waals surface area (Å²) in [5, 5.41) is 9.85. The third-order valence-corrected chi connectivity index (χ3v) is 4.64. The molecule has 4 aliphatic rings. The molecule has 4 rings (SSSR count). The average molecular weight is 233 g/mol. The van der Waals surface area contributed by atoms with Crippen LogP contribution in [0.1, 0.15) is 19.3 Å². The molecule has 90 valence electrons. The minimum Gasteiger partial charge on any atom is -0.449 e. The van der Waals surface area contributed by atoms with Crippen molar-refractivity contribution in [2.24, 2.45) is 0 Å². The molecule has 1 aliphatic carbocycles. The van der Waals surface area contributed by atoms with Crippen LogP contribution in [0.15, 0.2) is 23.8 Å². The Morgan fingerprint density at radius 2 is 2.41 bits per heavy atom. The maximum atomic E-state index is 11.5. The molecule has 0 amide bonds. The van der Waals surface area contributed by atoms with Gasteiger partial charge < -0.3 is 9.84 Å². The molecule has 3 heterocycles. The van der Waals surface area contributed by atoms with E-state index in [9.17, 15) is 9.90 Å². The summed E-state index contributed by atoms with van der Waals surface area (Å²) in [6, 6.07) is 0.527. The highest BCUT2D eigenvalue weighted by Crippen LogP contribution is 2.51. The summed E-state index contributed by atoms with van der Waals surface area (Å²) >= 11 is 0. The van der Waals surface area contributed by atoms with Crippen molar-refractivity contribution < 1.29 is 14.6 Å². The van der Waals surface area contributed by atoms with Gasteiger partial charge in [0, 0.05) is 30.7 Å². The Morgan fingerprint density at radius 1 is 1.53 bits per heavy atom. The zero-order chi connectivity index (χ0) is 11.6. The fraction of sp³-hybridized carbons (Fsp3) is 0.615. The number of hydrogen-bond acceptors (Lipinski definition) is 4. The predicted molar refractivity (Wildman–Crippen MR) is 60.2 cm³/mol. The number of aliphatic hydroxyl groups excluding tert-OH is 1. The molecule has 4 atom stereocenters. The molecule has 4 nitrogen and oxygen atoms in total. The van der Waals surface area contributed by atoms with Gasteiger partial charge in [-0.25, -0.2) is 4.79 Å². The fourth-order valence-corrected chi connectivity index (χ4v) is 3.90. The van der Waals surface area contributed by atoms with Crippen molar-refractivity contribution in [3.8, 4) is 0 Å². The average Bonchev–Trinajstić information content (AvgIpc) is 2.75. The highest BCUT2D eigenvalue weighted by atomic mass is 16.6. The lowest BCUT2D eigenvalue weighted by Gasteiger charge is -2.39. The number of ether oxygens (including phenoxy) is 1. The van der Waals surface area contributed by atoms with E-state index in [-0.39, 0.29) is 18.1 Å². The molecule has 0 aromatic rings. The van der Waals surface area contributed by atoms with Crippen LogP contribution in [0.2, 0.25) is 0 Å². The highest BCUT2D eigenvalue weighted by Gasteiger charge is 2.60. The Kier molecular flexibility index (Phi) is 1.74. The van der Waals surface area contributed by atoms with Crippen molar-refractivity contribution >= 4 is 5.97 Å². The molecule has 0 radical (unpaired) electrons. The van der Waals surface area contributed by atoms with Gasteiger partial charge in [0.2, 0.25) is 0 Å². The standard InChI is InChI=1S/C13H15NO3/c15-10-3-4-14-9-2-1-8-5-12(16)17-13(8,7-9)11(14)6-10/h1-2,5,9-11,15H,3-4,6-7H2/t9-,10+,11+,13+/m1/s1. The summed E-state index contributed by atoms with van der Waals surface area (Å²) in [4.78, 5) is 13.9. The molecule has 0 saturated carbocycles. The van der Waals surface area contributed by atoms with Crippen molar-refractivity contribution in [1.29, 1.82) is 0 Å². The number of nitrogens with zero attached hydrogens (tertiary/aromatic N) is 1. The first kappa shape index (κ1) is 9.85. The molecular formula is C13H15NO3. The van der Waals surface area contributed by atoms with Crippen LogP contribution in [0, 0.1) is 0 Å². The van der Waals surface area contributed by atoms with Gasteiger partial charge in [-0.05, 0) is 12.8 Å². The monoisotopic (exact) mass is 233 g/mol. The molecule has 0 unspecified atom stereocenters. The molecule has 3 aliphatic heterocycles. The molecule has 4 heteroatoms. The van der Waals surface area contributed by atoms with E-state index in [1.54, 1.807) is 6.08 Å². The van der Waals surface area contributed by atoms with E-state index in [1.165, 1.54) is 0 Å². The Bertz CT molecular complexity index is 456. The number of fused-ring (bicyclic) bond motifs is 3. The number of carbonyl (C=O) groups excluding carboxylic acids is 1. The van der Waals surface area contributed by atoms with Crippen LogP contribution in [0.5, 0.6) is 0 Å². The molecule has 0 aromatic carbocycles. The highest BCUT2D eigenvalue weighted by molar-refractivity contribution is 5.88. The van der Waals surface area contributed by atoms with Gasteiger partial charge in [0.15, 0.2) is 5.60 Å². The quantitative estimate of drug-likeness (QED) is 0.614. The SMILES string of the molecule is O=C1C=C2C=C[C@@H]3C[C@@]2(O1)[C@@H]1C[C@@H](O)CCN31. The second kappa shape index (κ2) is 3.00. The fourth-order valence-electron chi connectivity index (χ4n) is 3.90. The molecule has 1 N–H and O–H groups in total. The van der Waals surface area contributed by atoms with Gasteiger partial charge in [0.05, 0.1) is 12.1 Å². The van der Waals surface area contributed by atoms with E-state index in [0.717, 1.165) is 25.0 Å². The molecule has 2 fully saturated rings. The molecule has 2 saturated heterocycles. The van der Waals surface area contributed by atoms with E-state index >= 15 is 0 Å². The Morgan fingerprint density at radius 3 is 3.29 bits per heavy atom. The number of aliphatic hydroxyl groups is 1. The minimum atomic E-state index is -0.460. The van der Waals surface area contributed by atoms with Gasteiger partial charge in [0.25, 0.3) is 0 Å². The lowest BCUT2D eigenvalue weighted by Crippen LogP contribution is -2.51. The number of piperidine rings is 1. The molecule has 17 heavy (non-hydrogen) atoms. The molecule has 0 aromatic heterocycles. The van der Waals surface area contributed by atoms with Crippen molar-refractivity contribution in [2.75, 3.05) is 6.54 Å². The maximum absolute atomic E-state index is 11.5. The summed E-state index contributed by atoms with van der Waals surface area (Å²) < 4.78 is 5.63. The van der Waals surface area contributed by atoms with Crippen LogP contribution < -0.4 is 0 Å². The van der Waals surface area contributed by atoms with Crippen LogP contribution >= 0.6 is 0 Å². The van der Waals surface area contributed by atoms with Crippen LogP contribution in [0.3, 0.4) is 0 Å². The van der Waals surface area contributed by atoms with E-state index in [2.05, 4.69) is 11.0 Å². The van der Waals surface area contributed by atoms with Crippen molar-refractivity contribution in [2.45, 2.75) is 43.1 Å². The van der Waals surface area contributed by atoms with Gasteiger partial charge in [0.1, 0.15) is 0 Å². The summed E-state index contributed by atoms with van der Waals surface area (Å²) in [5.41, 5.74) is 0.540. The Labute approximate surface area is 99.5 Å². The normalized spacial score (nSPS) is 47.5. The Balaban J connectivity index is 1.81. The third kappa shape index (κ3) is 1.12. The van der Waals surface area contributed by atoms with Gasteiger partial charge in [-0.3, -0.25) is 4.90 Å². The topological polar surface area (TPSA) is 49.8 Å². The van der Waals surface area contributed by atoms with E-state index in [4.69, 9.17) is 4.74 Å². The zero-order valence-electron chi connectivity index (χ0n) is 9.50. The molecule has 2 bridgehead atoms. The number of rotatable bonds is 0. The first-order valence-corrected chi connectivity index (χ1v) is 6.26. The van der Waals surface area contributed by atoms with E-state index in [1.807, 2.05) is 6.08 Å². The van der Waals surface area contributed by atoms with Gasteiger partial charge in [-0.1, -0.05) is 12.2 Å². The smallest absolute Gasteiger partial charge is 0.332 e. The van der Waals surface area contributed by atoms with Crippen LogP contribution in [0.25, 0.3) is 0 Å². The number of esters is 1. The van der Waals surface area contributed by atoms with Gasteiger partial charge in [-0.2, -0.15) is 0 Å². The first-order valence-electron chi connectivity index (χ1n) is 6.26. The summed E-state index contributed by atoms with van der Waals surface area (Å²) in [5.74, 6) is -0.229. The van der Waals surface area contributed by atoms with Crippen LogP contribution in [-0.2, 0) is 9.53 Å². The summed E-state index contributed by atoms with van der Waals surface area (Å²) in [6.07, 6.45) is 7.95. The second-order valence-corrected chi connectivity index (χ2v) is 5.47. The third-order valence-electron chi connectivity index (χ3n) is 4.64. The maximum Gasteiger partial charge on any atom is 0.332 e. The van der Waals surface area contributed by atoms with Crippen LogP contribution in [0.4, 0.5) is 0 Å². The summed E-state index contributed by atoms with van der Waals surface area (Å²) in [7, 11) is 0. The van der Waals surface area contributed by atoms with E-state index < -0.39 is 5.60 Å². The van der Waals surface area contributed by atoms with Crippen molar-refractivity contribution in [1.82, 2.24) is 4.90 Å². The second-order valence-electron chi connectivity index (χ2n) is 5.47. The Hall–Kier alpha value is -1.13. The lowest BCUT2D eigenvalue weighted by molar-refractivity contribution is -0.149. The first-order chi connectivity index (χ1) is 8.19. The van der Waals surface area contributed by atoms with Crippen LogP contribution in [-0.4, -0.2) is 46.3 Å². The zero-order valence-corrected chi connectivity index (χ0v) is 9.50. The number of hydrogen-bond donors (Lipinski definition) is 1. The van der Waals surface area contributed by atoms with E-state index in [0.29, 0.717) is 12.5 Å². The minimum absolute atomic E-state index is 0.156. The van der Waals surface area contributed by atoms with Crippen molar-refractivity contribution in [3.05, 3.63) is 23.8 Å². The summed E-state index contributed by atoms with van der Waals surface area (Å²) in [6.45, 7) is 0.896.